The first-order valence-electron chi connectivity index (χ1n) is 7.90. The average molecular weight is 293 g/mol. The zero-order chi connectivity index (χ0) is 13.9. The van der Waals surface area contributed by atoms with Crippen molar-refractivity contribution in [3.63, 3.8) is 0 Å². The first-order valence-corrected chi connectivity index (χ1v) is 8.72. The lowest BCUT2D eigenvalue weighted by molar-refractivity contribution is 0.141. The van der Waals surface area contributed by atoms with Gasteiger partial charge in [0.25, 0.3) is 0 Å². The van der Waals surface area contributed by atoms with Crippen molar-refractivity contribution in [2.45, 2.75) is 50.9 Å². The van der Waals surface area contributed by atoms with Gasteiger partial charge in [0.1, 0.15) is 0 Å². The van der Waals surface area contributed by atoms with Crippen LogP contribution in [0.1, 0.15) is 35.4 Å². The van der Waals surface area contributed by atoms with Crippen LogP contribution in [0.2, 0.25) is 0 Å². The van der Waals surface area contributed by atoms with Crippen molar-refractivity contribution in [2.24, 2.45) is 0 Å². The molecular weight excluding hydrogens is 266 g/mol. The van der Waals surface area contributed by atoms with E-state index >= 15 is 0 Å². The normalized spacial score (nSPS) is 21.8. The fourth-order valence-electron chi connectivity index (χ4n) is 2.95. The SMILES string of the molecule is CN(C)C1CCN(Cc2ccc(CNC3CC3)s2)CC1. The molecule has 0 unspecified atom stereocenters. The van der Waals surface area contributed by atoms with Crippen LogP contribution >= 0.6 is 11.3 Å². The van der Waals surface area contributed by atoms with Gasteiger partial charge in [0.05, 0.1) is 0 Å². The summed E-state index contributed by atoms with van der Waals surface area (Å²) in [7, 11) is 4.41. The van der Waals surface area contributed by atoms with E-state index in [4.69, 9.17) is 0 Å². The molecule has 0 bridgehead atoms. The molecule has 1 saturated heterocycles. The summed E-state index contributed by atoms with van der Waals surface area (Å²) in [5.74, 6) is 0. The number of hydrogen-bond acceptors (Lipinski definition) is 4. The minimum Gasteiger partial charge on any atom is -0.309 e. The van der Waals surface area contributed by atoms with Crippen molar-refractivity contribution in [3.8, 4) is 0 Å². The van der Waals surface area contributed by atoms with Gasteiger partial charge in [0.2, 0.25) is 0 Å². The van der Waals surface area contributed by atoms with Crippen LogP contribution in [0.3, 0.4) is 0 Å². The van der Waals surface area contributed by atoms with Gasteiger partial charge in [-0.15, -0.1) is 11.3 Å². The summed E-state index contributed by atoms with van der Waals surface area (Å²) in [5, 5.41) is 3.60. The molecular formula is C16H27N3S. The monoisotopic (exact) mass is 293 g/mol. The zero-order valence-corrected chi connectivity index (χ0v) is 13.6. The largest absolute Gasteiger partial charge is 0.309 e. The number of likely N-dealkylation sites (tertiary alicyclic amines) is 1. The minimum atomic E-state index is 0.785. The van der Waals surface area contributed by atoms with Gasteiger partial charge in [-0.2, -0.15) is 0 Å². The summed E-state index contributed by atoms with van der Waals surface area (Å²) in [6, 6.07) is 6.23. The summed E-state index contributed by atoms with van der Waals surface area (Å²) in [6.07, 6.45) is 5.38. The predicted octanol–water partition coefficient (Wildman–Crippen LogP) is 2.53. The van der Waals surface area contributed by atoms with Crippen LogP contribution in [0.25, 0.3) is 0 Å². The molecule has 20 heavy (non-hydrogen) atoms. The van der Waals surface area contributed by atoms with E-state index in [1.54, 1.807) is 0 Å². The van der Waals surface area contributed by atoms with E-state index in [0.717, 1.165) is 25.2 Å². The van der Waals surface area contributed by atoms with Crippen molar-refractivity contribution < 1.29 is 0 Å². The van der Waals surface area contributed by atoms with Gasteiger partial charge in [-0.25, -0.2) is 0 Å². The molecule has 1 N–H and O–H groups in total. The van der Waals surface area contributed by atoms with Crippen molar-refractivity contribution in [1.29, 1.82) is 0 Å². The molecule has 0 atom stereocenters. The predicted molar refractivity (Wildman–Crippen MR) is 86.2 cm³/mol. The average Bonchev–Trinajstić information content (AvgIpc) is 3.17. The molecule has 1 saturated carbocycles. The summed E-state index contributed by atoms with van der Waals surface area (Å²) < 4.78 is 0. The Hall–Kier alpha value is -0.420. The molecule has 3 nitrogen and oxygen atoms in total. The van der Waals surface area contributed by atoms with E-state index in [-0.39, 0.29) is 0 Å². The Morgan fingerprint density at radius 2 is 1.85 bits per heavy atom. The highest BCUT2D eigenvalue weighted by Gasteiger charge is 2.22. The Kier molecular flexibility index (Phi) is 4.76. The van der Waals surface area contributed by atoms with E-state index in [1.165, 1.54) is 48.5 Å². The Morgan fingerprint density at radius 1 is 1.15 bits per heavy atom. The van der Waals surface area contributed by atoms with Crippen molar-refractivity contribution >= 4 is 11.3 Å². The molecule has 3 rings (SSSR count). The molecule has 1 aliphatic carbocycles. The van der Waals surface area contributed by atoms with Gasteiger partial charge < -0.3 is 10.2 Å². The third kappa shape index (κ3) is 4.04. The third-order valence-corrected chi connectivity index (χ3v) is 5.60. The highest BCUT2D eigenvalue weighted by molar-refractivity contribution is 7.11. The lowest BCUT2D eigenvalue weighted by Crippen LogP contribution is -2.41. The summed E-state index contributed by atoms with van der Waals surface area (Å²) in [6.45, 7) is 4.71. The van der Waals surface area contributed by atoms with E-state index in [9.17, 15) is 0 Å². The number of nitrogens with one attached hydrogen (secondary N) is 1. The van der Waals surface area contributed by atoms with E-state index < -0.39 is 0 Å². The molecule has 2 fully saturated rings. The standard InChI is InChI=1S/C16H27N3S/c1-18(2)14-7-9-19(10-8-14)12-16-6-5-15(20-16)11-17-13-3-4-13/h5-6,13-14,17H,3-4,7-12H2,1-2H3. The quantitative estimate of drug-likeness (QED) is 0.869. The summed E-state index contributed by atoms with van der Waals surface area (Å²) in [4.78, 5) is 8.02. The number of thiophene rings is 1. The molecule has 0 radical (unpaired) electrons. The van der Waals surface area contributed by atoms with Gasteiger partial charge in [0, 0.05) is 48.0 Å². The van der Waals surface area contributed by atoms with Gasteiger partial charge in [-0.1, -0.05) is 0 Å². The van der Waals surface area contributed by atoms with Crippen LogP contribution in [0.5, 0.6) is 0 Å². The second-order valence-electron chi connectivity index (χ2n) is 6.49. The molecule has 0 aromatic carbocycles. The number of piperidine rings is 1. The molecule has 4 heteroatoms. The maximum absolute atomic E-state index is 3.60. The summed E-state index contributed by atoms with van der Waals surface area (Å²) >= 11 is 1.99. The Labute approximate surface area is 127 Å². The number of hydrogen-bond donors (Lipinski definition) is 1. The Morgan fingerprint density at radius 3 is 2.50 bits per heavy atom. The summed E-state index contributed by atoms with van der Waals surface area (Å²) in [5.41, 5.74) is 0. The van der Waals surface area contributed by atoms with Crippen molar-refractivity contribution in [3.05, 3.63) is 21.9 Å². The Balaban J connectivity index is 1.43. The van der Waals surface area contributed by atoms with E-state index in [2.05, 4.69) is 41.3 Å². The van der Waals surface area contributed by atoms with Gasteiger partial charge in [-0.05, 0) is 51.9 Å². The fraction of sp³-hybridized carbons (Fsp3) is 0.750. The van der Waals surface area contributed by atoms with E-state index in [1.807, 2.05) is 11.3 Å². The van der Waals surface area contributed by atoms with Crippen LogP contribution in [0, 0.1) is 0 Å². The van der Waals surface area contributed by atoms with Crippen molar-refractivity contribution in [2.75, 3.05) is 27.2 Å². The molecule has 112 valence electrons. The molecule has 2 heterocycles. The van der Waals surface area contributed by atoms with Gasteiger partial charge in [-0.3, -0.25) is 4.90 Å². The molecule has 1 aromatic rings. The van der Waals surface area contributed by atoms with Gasteiger partial charge in [0.15, 0.2) is 0 Å². The first-order chi connectivity index (χ1) is 9.70. The topological polar surface area (TPSA) is 18.5 Å². The highest BCUT2D eigenvalue weighted by Crippen LogP contribution is 2.23. The number of nitrogens with zero attached hydrogens (tertiary/aromatic N) is 2. The lowest BCUT2D eigenvalue weighted by Gasteiger charge is -2.34. The second kappa shape index (κ2) is 6.56. The maximum Gasteiger partial charge on any atom is 0.0328 e. The highest BCUT2D eigenvalue weighted by atomic mass is 32.1. The van der Waals surface area contributed by atoms with Crippen LogP contribution in [-0.2, 0) is 13.1 Å². The minimum absolute atomic E-state index is 0.785. The molecule has 0 spiro atoms. The van der Waals surface area contributed by atoms with Gasteiger partial charge >= 0.3 is 0 Å². The van der Waals surface area contributed by atoms with E-state index in [0.29, 0.717) is 0 Å². The second-order valence-corrected chi connectivity index (χ2v) is 7.75. The Bertz CT molecular complexity index is 417. The molecule has 1 aliphatic heterocycles. The molecule has 0 amide bonds. The maximum atomic E-state index is 3.60. The number of rotatable bonds is 6. The zero-order valence-electron chi connectivity index (χ0n) is 12.8. The molecule has 2 aliphatic rings. The van der Waals surface area contributed by atoms with Crippen molar-refractivity contribution in [1.82, 2.24) is 15.1 Å². The van der Waals surface area contributed by atoms with Crippen LogP contribution in [-0.4, -0.2) is 49.1 Å². The smallest absolute Gasteiger partial charge is 0.0328 e. The first kappa shape index (κ1) is 14.5. The van der Waals surface area contributed by atoms with Crippen LogP contribution < -0.4 is 5.32 Å². The van der Waals surface area contributed by atoms with Crippen LogP contribution in [0.4, 0.5) is 0 Å². The molecule has 1 aromatic heterocycles. The fourth-order valence-corrected chi connectivity index (χ4v) is 3.96. The third-order valence-electron chi connectivity index (χ3n) is 4.53. The lowest BCUT2D eigenvalue weighted by atomic mass is 10.0. The van der Waals surface area contributed by atoms with Crippen LogP contribution in [0.15, 0.2) is 12.1 Å².